The summed E-state index contributed by atoms with van der Waals surface area (Å²) in [6.07, 6.45) is 1.35. The summed E-state index contributed by atoms with van der Waals surface area (Å²) in [5.74, 6) is -1.44. The van der Waals surface area contributed by atoms with Crippen LogP contribution in [0.1, 0.15) is 18.4 Å². The maximum Gasteiger partial charge on any atom is 0.320 e. The molecular weight excluding hydrogens is 275 g/mol. The lowest BCUT2D eigenvalue weighted by atomic mass is 10.2. The van der Waals surface area contributed by atoms with Gasteiger partial charge in [-0.1, -0.05) is 18.2 Å². The number of likely N-dealkylation sites (N-methyl/N-ethyl adjacent to an activating group) is 1. The first-order chi connectivity index (χ1) is 9.99. The highest BCUT2D eigenvalue weighted by Gasteiger charge is 2.32. The molecule has 0 aliphatic carbocycles. The number of carboxylic acid groups (broad SMARTS) is 1. The van der Waals surface area contributed by atoms with Gasteiger partial charge in [-0.2, -0.15) is 0 Å². The van der Waals surface area contributed by atoms with Crippen molar-refractivity contribution in [3.05, 3.63) is 35.6 Å². The molecule has 0 saturated carbocycles. The van der Waals surface area contributed by atoms with Crippen LogP contribution in [0, 0.1) is 5.82 Å². The van der Waals surface area contributed by atoms with Crippen molar-refractivity contribution in [1.82, 2.24) is 9.80 Å². The molecule has 1 atom stereocenters. The van der Waals surface area contributed by atoms with Gasteiger partial charge in [0, 0.05) is 19.2 Å². The third-order valence-corrected chi connectivity index (χ3v) is 3.78. The summed E-state index contributed by atoms with van der Waals surface area (Å²) in [4.78, 5) is 26.3. The Hall–Kier alpha value is -1.95. The summed E-state index contributed by atoms with van der Waals surface area (Å²) in [6.45, 7) is 0.843. The third-order valence-electron chi connectivity index (χ3n) is 3.78. The van der Waals surface area contributed by atoms with Gasteiger partial charge in [0.1, 0.15) is 11.9 Å². The predicted octanol–water partition coefficient (Wildman–Crippen LogP) is 1.33. The van der Waals surface area contributed by atoms with Gasteiger partial charge in [-0.3, -0.25) is 14.5 Å². The fraction of sp³-hybridized carbons (Fsp3) is 0.467. The standard InChI is InChI=1S/C15H19FN2O3/c1-17(9-11-5-2-3-6-12(11)16)14(19)10-18-8-4-7-13(18)15(20)21/h2-3,5-6,13H,4,7-10H2,1H3,(H,20,21). The van der Waals surface area contributed by atoms with Crippen molar-refractivity contribution in [2.45, 2.75) is 25.4 Å². The molecule has 1 amide bonds. The average Bonchev–Trinajstić information content (AvgIpc) is 2.89. The summed E-state index contributed by atoms with van der Waals surface area (Å²) in [5.41, 5.74) is 0.449. The summed E-state index contributed by atoms with van der Waals surface area (Å²) in [7, 11) is 1.60. The van der Waals surface area contributed by atoms with Crippen molar-refractivity contribution < 1.29 is 19.1 Å². The van der Waals surface area contributed by atoms with Gasteiger partial charge in [-0.15, -0.1) is 0 Å². The van der Waals surface area contributed by atoms with E-state index in [9.17, 15) is 14.0 Å². The monoisotopic (exact) mass is 294 g/mol. The van der Waals surface area contributed by atoms with E-state index < -0.39 is 12.0 Å². The normalized spacial score (nSPS) is 18.7. The summed E-state index contributed by atoms with van der Waals surface area (Å²) in [6, 6.07) is 5.72. The Bertz CT molecular complexity index is 535. The number of nitrogens with zero attached hydrogens (tertiary/aromatic N) is 2. The van der Waals surface area contributed by atoms with Crippen molar-refractivity contribution in [3.63, 3.8) is 0 Å². The SMILES string of the molecule is CN(Cc1ccccc1F)C(=O)CN1CCCC1C(=O)O. The van der Waals surface area contributed by atoms with E-state index in [4.69, 9.17) is 5.11 Å². The van der Waals surface area contributed by atoms with Gasteiger partial charge >= 0.3 is 5.97 Å². The first-order valence-corrected chi connectivity index (χ1v) is 6.93. The highest BCUT2D eigenvalue weighted by Crippen LogP contribution is 2.17. The molecule has 114 valence electrons. The number of aliphatic carboxylic acids is 1. The predicted molar refractivity (Wildman–Crippen MR) is 75.1 cm³/mol. The van der Waals surface area contributed by atoms with Crippen LogP contribution in [0.4, 0.5) is 4.39 Å². The summed E-state index contributed by atoms with van der Waals surface area (Å²) >= 11 is 0. The van der Waals surface area contributed by atoms with Crippen LogP contribution in [0.25, 0.3) is 0 Å². The molecule has 1 aromatic carbocycles. The lowest BCUT2D eigenvalue weighted by Crippen LogP contribution is -2.43. The minimum absolute atomic E-state index is 0.0575. The maximum absolute atomic E-state index is 13.6. The van der Waals surface area contributed by atoms with Crippen molar-refractivity contribution in [3.8, 4) is 0 Å². The van der Waals surface area contributed by atoms with Crippen LogP contribution < -0.4 is 0 Å². The lowest BCUT2D eigenvalue weighted by molar-refractivity contribution is -0.143. The molecule has 1 N–H and O–H groups in total. The quantitative estimate of drug-likeness (QED) is 0.890. The van der Waals surface area contributed by atoms with Crippen LogP contribution in [0.3, 0.4) is 0 Å². The van der Waals surface area contributed by atoms with Crippen LogP contribution in [-0.2, 0) is 16.1 Å². The highest BCUT2D eigenvalue weighted by atomic mass is 19.1. The van der Waals surface area contributed by atoms with E-state index in [2.05, 4.69) is 0 Å². The minimum Gasteiger partial charge on any atom is -0.480 e. The number of hydrogen-bond acceptors (Lipinski definition) is 3. The topological polar surface area (TPSA) is 60.9 Å². The molecule has 1 heterocycles. The Balaban J connectivity index is 1.94. The number of benzene rings is 1. The number of halogens is 1. The molecule has 0 radical (unpaired) electrons. The van der Waals surface area contributed by atoms with E-state index >= 15 is 0 Å². The second-order valence-electron chi connectivity index (χ2n) is 5.31. The van der Waals surface area contributed by atoms with Gasteiger partial charge in [0.2, 0.25) is 5.91 Å². The molecule has 1 fully saturated rings. The molecule has 0 bridgehead atoms. The van der Waals surface area contributed by atoms with Crippen molar-refractivity contribution >= 4 is 11.9 Å². The summed E-state index contributed by atoms with van der Waals surface area (Å²) in [5, 5.41) is 9.09. The summed E-state index contributed by atoms with van der Waals surface area (Å²) < 4.78 is 13.6. The fourth-order valence-electron chi connectivity index (χ4n) is 2.56. The number of carboxylic acids is 1. The molecule has 6 heteroatoms. The molecule has 2 rings (SSSR count). The van der Waals surface area contributed by atoms with E-state index in [1.807, 2.05) is 0 Å². The largest absolute Gasteiger partial charge is 0.480 e. The second kappa shape index (κ2) is 6.67. The van der Waals surface area contributed by atoms with Crippen LogP contribution in [0.5, 0.6) is 0 Å². The molecule has 1 aliphatic heterocycles. The smallest absolute Gasteiger partial charge is 0.320 e. The highest BCUT2D eigenvalue weighted by molar-refractivity contribution is 5.80. The van der Waals surface area contributed by atoms with E-state index in [0.717, 1.165) is 6.42 Å². The Kier molecular flexibility index (Phi) is 4.90. The third kappa shape index (κ3) is 3.78. The van der Waals surface area contributed by atoms with Gasteiger partial charge in [-0.05, 0) is 25.5 Å². The van der Waals surface area contributed by atoms with E-state index in [-0.39, 0.29) is 24.8 Å². The number of hydrogen-bond donors (Lipinski definition) is 1. The van der Waals surface area contributed by atoms with Gasteiger partial charge < -0.3 is 10.0 Å². The fourth-order valence-corrected chi connectivity index (χ4v) is 2.56. The first kappa shape index (κ1) is 15.4. The zero-order valence-corrected chi connectivity index (χ0v) is 12.0. The molecule has 1 unspecified atom stereocenters. The number of carbonyl (C=O) groups is 2. The van der Waals surface area contributed by atoms with Gasteiger partial charge in [-0.25, -0.2) is 4.39 Å². The second-order valence-corrected chi connectivity index (χ2v) is 5.31. The van der Waals surface area contributed by atoms with E-state index in [0.29, 0.717) is 18.5 Å². The van der Waals surface area contributed by atoms with Crippen molar-refractivity contribution in [2.24, 2.45) is 0 Å². The Labute approximate surface area is 123 Å². The Morgan fingerprint density at radius 3 is 2.81 bits per heavy atom. The van der Waals surface area contributed by atoms with Crippen molar-refractivity contribution in [1.29, 1.82) is 0 Å². The van der Waals surface area contributed by atoms with Gasteiger partial charge in [0.05, 0.1) is 6.54 Å². The molecule has 1 saturated heterocycles. The van der Waals surface area contributed by atoms with Crippen LogP contribution in [0.15, 0.2) is 24.3 Å². The van der Waals surface area contributed by atoms with Gasteiger partial charge in [0.25, 0.3) is 0 Å². The maximum atomic E-state index is 13.6. The molecule has 0 spiro atoms. The number of rotatable bonds is 5. The number of likely N-dealkylation sites (tertiary alicyclic amines) is 1. The number of carbonyl (C=O) groups excluding carboxylic acids is 1. The van der Waals surface area contributed by atoms with Crippen molar-refractivity contribution in [2.75, 3.05) is 20.1 Å². The van der Waals surface area contributed by atoms with E-state index in [1.54, 1.807) is 30.1 Å². The minimum atomic E-state index is -0.892. The Morgan fingerprint density at radius 1 is 1.43 bits per heavy atom. The lowest BCUT2D eigenvalue weighted by Gasteiger charge is -2.24. The zero-order chi connectivity index (χ0) is 15.4. The zero-order valence-electron chi connectivity index (χ0n) is 12.0. The molecular formula is C15H19FN2O3. The van der Waals surface area contributed by atoms with Crippen LogP contribution in [-0.4, -0.2) is 53.0 Å². The van der Waals surface area contributed by atoms with E-state index in [1.165, 1.54) is 11.0 Å². The molecule has 1 aromatic rings. The van der Waals surface area contributed by atoms with Gasteiger partial charge in [0.15, 0.2) is 0 Å². The molecule has 5 nitrogen and oxygen atoms in total. The Morgan fingerprint density at radius 2 is 2.14 bits per heavy atom. The molecule has 21 heavy (non-hydrogen) atoms. The average molecular weight is 294 g/mol. The van der Waals surface area contributed by atoms with Crippen LogP contribution >= 0.6 is 0 Å². The molecule has 0 aromatic heterocycles. The van der Waals surface area contributed by atoms with Crippen LogP contribution in [0.2, 0.25) is 0 Å². The first-order valence-electron chi connectivity index (χ1n) is 6.93. The molecule has 1 aliphatic rings. The number of amides is 1.